The smallest absolute Gasteiger partial charge is 0.304 e. The highest BCUT2D eigenvalue weighted by Crippen LogP contribution is 2.32. The van der Waals surface area contributed by atoms with E-state index in [0.29, 0.717) is 17.1 Å². The molecule has 0 aliphatic rings. The Bertz CT molecular complexity index is 498. The molecule has 1 aromatic carbocycles. The monoisotopic (exact) mass is 297 g/mol. The van der Waals surface area contributed by atoms with Crippen LogP contribution in [0.2, 0.25) is 0 Å². The van der Waals surface area contributed by atoms with Gasteiger partial charge >= 0.3 is 5.97 Å². The summed E-state index contributed by atoms with van der Waals surface area (Å²) in [5.74, 6) is -0.840. The molecule has 7 heteroatoms. The molecule has 0 saturated carbocycles. The molecule has 0 fully saturated rings. The van der Waals surface area contributed by atoms with Crippen LogP contribution < -0.4 is 9.47 Å². The molecule has 0 bridgehead atoms. The predicted octanol–water partition coefficient (Wildman–Crippen LogP) is 2.32. The van der Waals surface area contributed by atoms with Crippen LogP contribution in [0.25, 0.3) is 0 Å². The van der Waals surface area contributed by atoms with Crippen molar-refractivity contribution in [3.63, 3.8) is 0 Å². The Balaban J connectivity index is 3.12. The number of benzene rings is 1. The second-order valence-corrected chi connectivity index (χ2v) is 4.89. The van der Waals surface area contributed by atoms with Gasteiger partial charge in [-0.25, -0.2) is 0 Å². The molecule has 7 nitrogen and oxygen atoms in total. The standard InChI is InChI=1S/C14H19NO6/c1-9(2)21-13-6-10(4-5-12(13)20-3)11(7-14(16)17)8-15(18)19/h4-6,9,11H,7-8H2,1-3H3,(H,16,17). The Kier molecular flexibility index (Phi) is 5.95. The summed E-state index contributed by atoms with van der Waals surface area (Å²) < 4.78 is 10.8. The summed E-state index contributed by atoms with van der Waals surface area (Å²) in [5, 5.41) is 19.6. The second-order valence-electron chi connectivity index (χ2n) is 4.89. The lowest BCUT2D eigenvalue weighted by molar-refractivity contribution is -0.483. The number of ether oxygens (including phenoxy) is 2. The van der Waals surface area contributed by atoms with Crippen molar-refractivity contribution >= 4 is 5.97 Å². The Morgan fingerprint density at radius 2 is 2.05 bits per heavy atom. The molecule has 1 N–H and O–H groups in total. The van der Waals surface area contributed by atoms with Crippen molar-refractivity contribution in [2.45, 2.75) is 32.3 Å². The average molecular weight is 297 g/mol. The summed E-state index contributed by atoms with van der Waals surface area (Å²) in [5.41, 5.74) is 0.547. The fourth-order valence-electron chi connectivity index (χ4n) is 1.97. The molecule has 0 aromatic heterocycles. The summed E-state index contributed by atoms with van der Waals surface area (Å²) in [6.07, 6.45) is -0.406. The number of rotatable bonds is 8. The maximum Gasteiger partial charge on any atom is 0.304 e. The van der Waals surface area contributed by atoms with E-state index in [1.807, 2.05) is 13.8 Å². The van der Waals surface area contributed by atoms with Crippen LogP contribution in [0.4, 0.5) is 0 Å². The first kappa shape index (κ1) is 16.7. The maximum absolute atomic E-state index is 10.9. The Labute approximate surface area is 122 Å². The molecule has 0 radical (unpaired) electrons. The van der Waals surface area contributed by atoms with Crippen LogP contribution in [0, 0.1) is 10.1 Å². The van der Waals surface area contributed by atoms with Crippen molar-refractivity contribution in [3.05, 3.63) is 33.9 Å². The molecule has 116 valence electrons. The van der Waals surface area contributed by atoms with E-state index in [1.165, 1.54) is 7.11 Å². The molecule has 1 rings (SSSR count). The summed E-state index contributed by atoms with van der Waals surface area (Å²) in [6.45, 7) is 3.25. The maximum atomic E-state index is 10.9. The van der Waals surface area contributed by atoms with Crippen LogP contribution in [0.5, 0.6) is 11.5 Å². The zero-order valence-corrected chi connectivity index (χ0v) is 12.2. The van der Waals surface area contributed by atoms with E-state index in [-0.39, 0.29) is 12.5 Å². The number of hydrogen-bond acceptors (Lipinski definition) is 5. The topological polar surface area (TPSA) is 98.9 Å². The summed E-state index contributed by atoms with van der Waals surface area (Å²) in [4.78, 5) is 21.1. The lowest BCUT2D eigenvalue weighted by atomic mass is 9.95. The molecule has 0 amide bonds. The van der Waals surface area contributed by atoms with Gasteiger partial charge in [0.2, 0.25) is 6.54 Å². The first-order chi connectivity index (χ1) is 9.83. The van der Waals surface area contributed by atoms with Gasteiger partial charge in [-0.1, -0.05) is 6.07 Å². The minimum atomic E-state index is -1.08. The average Bonchev–Trinajstić information content (AvgIpc) is 2.36. The predicted molar refractivity (Wildman–Crippen MR) is 75.6 cm³/mol. The third-order valence-corrected chi connectivity index (χ3v) is 2.81. The van der Waals surface area contributed by atoms with Crippen LogP contribution in [0.3, 0.4) is 0 Å². The third kappa shape index (κ3) is 5.29. The van der Waals surface area contributed by atoms with Gasteiger partial charge < -0.3 is 14.6 Å². The molecule has 0 heterocycles. The van der Waals surface area contributed by atoms with Crippen LogP contribution >= 0.6 is 0 Å². The zero-order valence-electron chi connectivity index (χ0n) is 12.2. The molecule has 0 spiro atoms. The van der Waals surface area contributed by atoms with Gasteiger partial charge in [-0.05, 0) is 31.5 Å². The van der Waals surface area contributed by atoms with E-state index in [0.717, 1.165) is 0 Å². The molecule has 1 aromatic rings. The van der Waals surface area contributed by atoms with Gasteiger partial charge in [0.25, 0.3) is 0 Å². The van der Waals surface area contributed by atoms with E-state index < -0.39 is 23.4 Å². The largest absolute Gasteiger partial charge is 0.493 e. The highest BCUT2D eigenvalue weighted by Gasteiger charge is 2.23. The van der Waals surface area contributed by atoms with Crippen LogP contribution in [-0.4, -0.2) is 35.8 Å². The van der Waals surface area contributed by atoms with Crippen LogP contribution in [-0.2, 0) is 4.79 Å². The molecular formula is C14H19NO6. The molecular weight excluding hydrogens is 278 g/mol. The Morgan fingerprint density at radius 3 is 2.52 bits per heavy atom. The van der Waals surface area contributed by atoms with Crippen molar-refractivity contribution < 1.29 is 24.3 Å². The van der Waals surface area contributed by atoms with E-state index >= 15 is 0 Å². The van der Waals surface area contributed by atoms with Crippen LogP contribution in [0.15, 0.2) is 18.2 Å². The fourth-order valence-corrected chi connectivity index (χ4v) is 1.97. The van der Waals surface area contributed by atoms with Gasteiger partial charge in [-0.2, -0.15) is 0 Å². The number of nitrogens with zero attached hydrogens (tertiary/aromatic N) is 1. The highest BCUT2D eigenvalue weighted by molar-refractivity contribution is 5.68. The molecule has 0 aliphatic carbocycles. The minimum absolute atomic E-state index is 0.0948. The van der Waals surface area contributed by atoms with Gasteiger partial charge in [0.05, 0.1) is 25.6 Å². The molecule has 21 heavy (non-hydrogen) atoms. The Morgan fingerprint density at radius 1 is 1.38 bits per heavy atom. The van der Waals surface area contributed by atoms with E-state index in [4.69, 9.17) is 14.6 Å². The van der Waals surface area contributed by atoms with E-state index in [2.05, 4.69) is 0 Å². The van der Waals surface area contributed by atoms with E-state index in [9.17, 15) is 14.9 Å². The lowest BCUT2D eigenvalue weighted by Crippen LogP contribution is -2.16. The summed E-state index contributed by atoms with van der Waals surface area (Å²) in [6, 6.07) is 4.86. The number of hydrogen-bond donors (Lipinski definition) is 1. The van der Waals surface area contributed by atoms with Crippen molar-refractivity contribution in [2.75, 3.05) is 13.7 Å². The second kappa shape index (κ2) is 7.47. The minimum Gasteiger partial charge on any atom is -0.493 e. The number of carboxylic acids is 1. The van der Waals surface area contributed by atoms with Crippen molar-refractivity contribution in [1.29, 1.82) is 0 Å². The third-order valence-electron chi connectivity index (χ3n) is 2.81. The first-order valence-corrected chi connectivity index (χ1v) is 6.51. The van der Waals surface area contributed by atoms with Gasteiger partial charge in [-0.15, -0.1) is 0 Å². The quantitative estimate of drug-likeness (QED) is 0.584. The van der Waals surface area contributed by atoms with E-state index in [1.54, 1.807) is 18.2 Å². The SMILES string of the molecule is COc1ccc(C(CC(=O)O)C[N+](=O)[O-])cc1OC(C)C. The summed E-state index contributed by atoms with van der Waals surface area (Å²) in [7, 11) is 1.49. The number of carbonyl (C=O) groups is 1. The van der Waals surface area contributed by atoms with Crippen molar-refractivity contribution in [1.82, 2.24) is 0 Å². The normalized spacial score (nSPS) is 12.0. The van der Waals surface area contributed by atoms with Gasteiger partial charge in [0, 0.05) is 4.92 Å². The number of methoxy groups -OCH3 is 1. The van der Waals surface area contributed by atoms with Gasteiger partial charge in [0.15, 0.2) is 11.5 Å². The summed E-state index contributed by atoms with van der Waals surface area (Å²) >= 11 is 0. The molecule has 0 aliphatic heterocycles. The molecule has 1 unspecified atom stereocenters. The van der Waals surface area contributed by atoms with Crippen molar-refractivity contribution in [2.24, 2.45) is 0 Å². The first-order valence-electron chi connectivity index (χ1n) is 6.51. The van der Waals surface area contributed by atoms with Crippen LogP contribution in [0.1, 0.15) is 31.7 Å². The van der Waals surface area contributed by atoms with Gasteiger partial charge in [-0.3, -0.25) is 14.9 Å². The lowest BCUT2D eigenvalue weighted by Gasteiger charge is -2.17. The number of nitro groups is 1. The zero-order chi connectivity index (χ0) is 16.0. The number of aliphatic carboxylic acids is 1. The Hall–Kier alpha value is -2.31. The van der Waals surface area contributed by atoms with Crippen molar-refractivity contribution in [3.8, 4) is 11.5 Å². The number of carboxylic acid groups (broad SMARTS) is 1. The fraction of sp³-hybridized carbons (Fsp3) is 0.500. The van der Waals surface area contributed by atoms with Gasteiger partial charge in [0.1, 0.15) is 0 Å². The highest BCUT2D eigenvalue weighted by atomic mass is 16.6. The molecule has 1 atom stereocenters. The molecule has 0 saturated heterocycles.